The Hall–Kier alpha value is -3.06. The molecule has 2 aromatic carbocycles. The Morgan fingerprint density at radius 3 is 2.48 bits per heavy atom. The van der Waals surface area contributed by atoms with Gasteiger partial charge in [-0.05, 0) is 35.7 Å². The van der Waals surface area contributed by atoms with E-state index in [1.807, 2.05) is 0 Å². The van der Waals surface area contributed by atoms with Gasteiger partial charge < -0.3 is 14.2 Å². The molecule has 0 N–H and O–H groups in total. The minimum atomic E-state index is -0.577. The van der Waals surface area contributed by atoms with E-state index in [4.69, 9.17) is 25.8 Å². The summed E-state index contributed by atoms with van der Waals surface area (Å²) in [6.07, 6.45) is 1.60. The van der Waals surface area contributed by atoms with E-state index in [0.29, 0.717) is 35.2 Å². The van der Waals surface area contributed by atoms with Crippen LogP contribution in [-0.4, -0.2) is 23.3 Å². The predicted octanol–water partition coefficient (Wildman–Crippen LogP) is 5.04. The van der Waals surface area contributed by atoms with Crippen molar-refractivity contribution in [1.29, 1.82) is 0 Å². The van der Waals surface area contributed by atoms with Crippen LogP contribution in [0.1, 0.15) is 26.5 Å². The van der Waals surface area contributed by atoms with Crippen LogP contribution in [0.15, 0.2) is 53.5 Å². The molecule has 0 amide bonds. The van der Waals surface area contributed by atoms with Crippen LogP contribution in [0.2, 0.25) is 5.02 Å². The smallest absolute Gasteiger partial charge is 0.352 e. The molecule has 0 saturated heterocycles. The molecule has 8 heteroatoms. The maximum Gasteiger partial charge on any atom is 0.352 e. The van der Waals surface area contributed by atoms with Gasteiger partial charge in [0.05, 0.1) is 30.1 Å². The standard InChI is InChI=1S/C23H24ClFN2O4/c1-23(2,3)14-31-20-8-5-16(11-21(20)29-4)27-10-9-15(26-22(27)28)13-30-17-6-7-18(24)19(25)12-17/h5-12H,13-14H2,1-4H3. The van der Waals surface area contributed by atoms with Crippen molar-refractivity contribution in [1.82, 2.24) is 9.55 Å². The van der Waals surface area contributed by atoms with Crippen LogP contribution >= 0.6 is 11.6 Å². The highest BCUT2D eigenvalue weighted by Gasteiger charge is 2.14. The average Bonchev–Trinajstić information content (AvgIpc) is 2.72. The monoisotopic (exact) mass is 446 g/mol. The lowest BCUT2D eigenvalue weighted by Crippen LogP contribution is -2.22. The number of methoxy groups -OCH3 is 1. The van der Waals surface area contributed by atoms with Gasteiger partial charge in [0.15, 0.2) is 11.5 Å². The van der Waals surface area contributed by atoms with Gasteiger partial charge in [-0.15, -0.1) is 0 Å². The van der Waals surface area contributed by atoms with Crippen molar-refractivity contribution in [3.63, 3.8) is 0 Å². The molecule has 1 heterocycles. The summed E-state index contributed by atoms with van der Waals surface area (Å²) in [5.41, 5.74) is 0.521. The molecule has 3 rings (SSSR count). The molecule has 3 aromatic rings. The van der Waals surface area contributed by atoms with Crippen LogP contribution in [0, 0.1) is 11.2 Å². The van der Waals surface area contributed by atoms with E-state index in [9.17, 15) is 9.18 Å². The molecule has 1 aromatic heterocycles. The van der Waals surface area contributed by atoms with Crippen molar-refractivity contribution in [2.45, 2.75) is 27.4 Å². The Bertz CT molecular complexity index is 1130. The molecule has 0 unspecified atom stereocenters. The molecule has 0 atom stereocenters. The fourth-order valence-corrected chi connectivity index (χ4v) is 2.78. The Morgan fingerprint density at radius 2 is 1.84 bits per heavy atom. The maximum absolute atomic E-state index is 13.5. The Morgan fingerprint density at radius 1 is 1.06 bits per heavy atom. The largest absolute Gasteiger partial charge is 0.493 e. The molecule has 0 radical (unpaired) electrons. The first-order chi connectivity index (χ1) is 14.7. The minimum absolute atomic E-state index is 0.000222. The van der Waals surface area contributed by atoms with Crippen LogP contribution in [-0.2, 0) is 6.61 Å². The van der Waals surface area contributed by atoms with Crippen molar-refractivity contribution < 1.29 is 18.6 Å². The molecule has 0 bridgehead atoms. The molecule has 0 spiro atoms. The molecular formula is C23H24ClFN2O4. The normalized spacial score (nSPS) is 11.3. The van der Waals surface area contributed by atoms with Gasteiger partial charge in [0.1, 0.15) is 18.2 Å². The van der Waals surface area contributed by atoms with E-state index in [0.717, 1.165) is 0 Å². The van der Waals surface area contributed by atoms with Crippen LogP contribution in [0.4, 0.5) is 4.39 Å². The number of ether oxygens (including phenoxy) is 3. The summed E-state index contributed by atoms with van der Waals surface area (Å²) >= 11 is 5.66. The molecule has 164 valence electrons. The van der Waals surface area contributed by atoms with E-state index in [1.165, 1.54) is 16.7 Å². The summed E-state index contributed by atoms with van der Waals surface area (Å²) < 4.78 is 31.7. The zero-order valence-electron chi connectivity index (χ0n) is 17.8. The van der Waals surface area contributed by atoms with Gasteiger partial charge in [0.2, 0.25) is 0 Å². The quantitative estimate of drug-likeness (QED) is 0.509. The average molecular weight is 447 g/mol. The summed E-state index contributed by atoms with van der Waals surface area (Å²) in [6, 6.07) is 11.0. The second-order valence-electron chi connectivity index (χ2n) is 8.12. The lowest BCUT2D eigenvalue weighted by atomic mass is 9.99. The van der Waals surface area contributed by atoms with Crippen molar-refractivity contribution in [3.05, 3.63) is 75.7 Å². The van der Waals surface area contributed by atoms with Gasteiger partial charge in [-0.25, -0.2) is 9.18 Å². The summed E-state index contributed by atoms with van der Waals surface area (Å²) in [6.45, 7) is 6.77. The highest BCUT2D eigenvalue weighted by molar-refractivity contribution is 6.30. The zero-order chi connectivity index (χ0) is 22.6. The lowest BCUT2D eigenvalue weighted by molar-refractivity contribution is 0.191. The van der Waals surface area contributed by atoms with Crippen LogP contribution in [0.25, 0.3) is 5.69 Å². The molecule has 0 aliphatic rings. The predicted molar refractivity (Wildman–Crippen MR) is 117 cm³/mol. The minimum Gasteiger partial charge on any atom is -0.493 e. The fraction of sp³-hybridized carbons (Fsp3) is 0.304. The molecule has 0 aliphatic carbocycles. The highest BCUT2D eigenvalue weighted by Crippen LogP contribution is 2.30. The van der Waals surface area contributed by atoms with E-state index >= 15 is 0 Å². The maximum atomic E-state index is 13.5. The van der Waals surface area contributed by atoms with Gasteiger partial charge in [-0.1, -0.05) is 32.4 Å². The second kappa shape index (κ2) is 9.39. The van der Waals surface area contributed by atoms with Gasteiger partial charge in [-0.3, -0.25) is 4.57 Å². The van der Waals surface area contributed by atoms with E-state index in [-0.39, 0.29) is 17.0 Å². The number of halogens is 2. The third-order valence-corrected chi connectivity index (χ3v) is 4.53. The van der Waals surface area contributed by atoms with E-state index in [2.05, 4.69) is 25.8 Å². The molecular weight excluding hydrogens is 423 g/mol. The van der Waals surface area contributed by atoms with Crippen LogP contribution < -0.4 is 19.9 Å². The van der Waals surface area contributed by atoms with Crippen LogP contribution in [0.5, 0.6) is 17.2 Å². The number of rotatable bonds is 7. The topological polar surface area (TPSA) is 62.6 Å². The lowest BCUT2D eigenvalue weighted by Gasteiger charge is -2.20. The van der Waals surface area contributed by atoms with E-state index < -0.39 is 11.5 Å². The number of nitrogens with zero attached hydrogens (tertiary/aromatic N) is 2. The van der Waals surface area contributed by atoms with Gasteiger partial charge in [-0.2, -0.15) is 4.98 Å². The summed E-state index contributed by atoms with van der Waals surface area (Å²) in [5.74, 6) is 0.836. The summed E-state index contributed by atoms with van der Waals surface area (Å²) in [5, 5.41) is 0.0123. The number of hydrogen-bond acceptors (Lipinski definition) is 5. The van der Waals surface area contributed by atoms with E-state index in [1.54, 1.807) is 43.6 Å². The van der Waals surface area contributed by atoms with Crippen molar-refractivity contribution >= 4 is 11.6 Å². The number of hydrogen-bond donors (Lipinski definition) is 0. The molecule has 0 aliphatic heterocycles. The van der Waals surface area contributed by atoms with Gasteiger partial charge in [0.25, 0.3) is 0 Å². The third kappa shape index (κ3) is 5.98. The zero-order valence-corrected chi connectivity index (χ0v) is 18.6. The number of benzene rings is 2. The molecule has 31 heavy (non-hydrogen) atoms. The molecule has 6 nitrogen and oxygen atoms in total. The highest BCUT2D eigenvalue weighted by atomic mass is 35.5. The number of aromatic nitrogens is 2. The first-order valence-electron chi connectivity index (χ1n) is 9.64. The van der Waals surface area contributed by atoms with Gasteiger partial charge in [0, 0.05) is 18.3 Å². The van der Waals surface area contributed by atoms with Crippen molar-refractivity contribution in [2.75, 3.05) is 13.7 Å². The fourth-order valence-electron chi connectivity index (χ4n) is 2.66. The Balaban J connectivity index is 1.76. The third-order valence-electron chi connectivity index (χ3n) is 4.23. The SMILES string of the molecule is COc1cc(-n2ccc(COc3ccc(Cl)c(F)c3)nc2=O)ccc1OCC(C)(C)C. The first-order valence-corrected chi connectivity index (χ1v) is 10.0. The van der Waals surface area contributed by atoms with Crippen molar-refractivity contribution in [2.24, 2.45) is 5.41 Å². The Kier molecular flexibility index (Phi) is 6.85. The second-order valence-corrected chi connectivity index (χ2v) is 8.53. The molecule has 0 fully saturated rings. The van der Waals surface area contributed by atoms with Gasteiger partial charge >= 0.3 is 5.69 Å². The summed E-state index contributed by atoms with van der Waals surface area (Å²) in [4.78, 5) is 16.6. The molecule has 0 saturated carbocycles. The summed E-state index contributed by atoms with van der Waals surface area (Å²) in [7, 11) is 1.55. The first kappa shape index (κ1) is 22.6. The van der Waals surface area contributed by atoms with Crippen molar-refractivity contribution in [3.8, 4) is 22.9 Å². The Labute approximate surface area is 185 Å². The van der Waals surface area contributed by atoms with Crippen LogP contribution in [0.3, 0.4) is 0 Å².